The van der Waals surface area contributed by atoms with Crippen LogP contribution in [0.3, 0.4) is 0 Å². The second-order valence-electron chi connectivity index (χ2n) is 8.17. The van der Waals surface area contributed by atoms with E-state index in [-0.39, 0.29) is 19.1 Å². The maximum atomic E-state index is 13.0. The Kier molecular flexibility index (Phi) is 6.15. The van der Waals surface area contributed by atoms with Crippen molar-refractivity contribution in [2.45, 2.75) is 31.6 Å². The molecule has 2 aliphatic heterocycles. The standard InChI is InChI=1S/C22H29N5O3S/c1-17-5-7-20(15-18(17)2)31(29,30)27-13-11-26(12-14-27)22(28)24-19-6-8-21(23-16-19)25-9-3-4-10-25/h5-8,15-16H,3-4,9-14H2,1-2H3,(H,24,28). The number of nitrogens with one attached hydrogen (secondary N) is 1. The molecule has 0 saturated carbocycles. The van der Waals surface area contributed by atoms with Crippen molar-refractivity contribution in [3.05, 3.63) is 47.7 Å². The van der Waals surface area contributed by atoms with E-state index < -0.39 is 10.0 Å². The second-order valence-corrected chi connectivity index (χ2v) is 10.1. The van der Waals surface area contributed by atoms with E-state index in [1.54, 1.807) is 23.2 Å². The minimum atomic E-state index is -3.56. The largest absolute Gasteiger partial charge is 0.357 e. The predicted octanol–water partition coefficient (Wildman–Crippen LogP) is 2.84. The van der Waals surface area contributed by atoms with Crippen molar-refractivity contribution in [1.29, 1.82) is 0 Å². The topological polar surface area (TPSA) is 85.8 Å². The average molecular weight is 444 g/mol. The highest BCUT2D eigenvalue weighted by Gasteiger charge is 2.30. The molecule has 0 bridgehead atoms. The van der Waals surface area contributed by atoms with Gasteiger partial charge in [0.25, 0.3) is 0 Å². The van der Waals surface area contributed by atoms with Gasteiger partial charge in [0.2, 0.25) is 10.0 Å². The van der Waals surface area contributed by atoms with E-state index in [2.05, 4.69) is 15.2 Å². The third-order valence-corrected chi connectivity index (χ3v) is 7.97. The zero-order valence-corrected chi connectivity index (χ0v) is 18.9. The molecule has 166 valence electrons. The van der Waals surface area contributed by atoms with E-state index in [9.17, 15) is 13.2 Å². The number of benzene rings is 1. The van der Waals surface area contributed by atoms with E-state index in [0.717, 1.165) is 30.0 Å². The minimum absolute atomic E-state index is 0.237. The van der Waals surface area contributed by atoms with Crippen LogP contribution in [-0.2, 0) is 10.0 Å². The van der Waals surface area contributed by atoms with Gasteiger partial charge >= 0.3 is 6.03 Å². The van der Waals surface area contributed by atoms with Crippen LogP contribution in [0.15, 0.2) is 41.4 Å². The van der Waals surface area contributed by atoms with Gasteiger partial charge < -0.3 is 15.1 Å². The van der Waals surface area contributed by atoms with Gasteiger partial charge in [0.05, 0.1) is 16.8 Å². The third kappa shape index (κ3) is 4.67. The Balaban J connectivity index is 1.33. The Hall–Kier alpha value is -2.65. The highest BCUT2D eigenvalue weighted by Crippen LogP contribution is 2.22. The molecule has 0 atom stereocenters. The summed E-state index contributed by atoms with van der Waals surface area (Å²) in [5.41, 5.74) is 2.64. The molecule has 1 aromatic carbocycles. The van der Waals surface area contributed by atoms with Crippen LogP contribution in [0, 0.1) is 13.8 Å². The summed E-state index contributed by atoms with van der Waals surface area (Å²) in [7, 11) is -3.56. The number of hydrogen-bond donors (Lipinski definition) is 1. The number of sulfonamides is 1. The molecule has 1 aromatic heterocycles. The second kappa shape index (κ2) is 8.84. The molecule has 2 saturated heterocycles. The first-order valence-corrected chi connectivity index (χ1v) is 12.1. The molecule has 8 nitrogen and oxygen atoms in total. The molecule has 2 aromatic rings. The first-order valence-electron chi connectivity index (χ1n) is 10.7. The fourth-order valence-electron chi connectivity index (χ4n) is 3.95. The summed E-state index contributed by atoms with van der Waals surface area (Å²) in [4.78, 5) is 21.3. The Morgan fingerprint density at radius 3 is 2.26 bits per heavy atom. The van der Waals surface area contributed by atoms with Crippen molar-refractivity contribution >= 4 is 27.6 Å². The summed E-state index contributed by atoms with van der Waals surface area (Å²) in [5.74, 6) is 0.931. The minimum Gasteiger partial charge on any atom is -0.357 e. The maximum absolute atomic E-state index is 13.0. The van der Waals surface area contributed by atoms with Crippen LogP contribution in [0.5, 0.6) is 0 Å². The summed E-state index contributed by atoms with van der Waals surface area (Å²) >= 11 is 0. The molecule has 0 unspecified atom stereocenters. The van der Waals surface area contributed by atoms with Gasteiger partial charge in [-0.3, -0.25) is 0 Å². The van der Waals surface area contributed by atoms with Crippen LogP contribution in [0.2, 0.25) is 0 Å². The van der Waals surface area contributed by atoms with E-state index in [1.165, 1.54) is 17.1 Å². The smallest absolute Gasteiger partial charge is 0.321 e. The molecule has 2 aliphatic rings. The van der Waals surface area contributed by atoms with E-state index in [0.29, 0.717) is 23.7 Å². The normalized spacial score (nSPS) is 17.7. The molecule has 3 heterocycles. The number of anilines is 2. The molecule has 4 rings (SSSR count). The molecule has 31 heavy (non-hydrogen) atoms. The molecule has 0 aliphatic carbocycles. The van der Waals surface area contributed by atoms with Crippen LogP contribution in [0.25, 0.3) is 0 Å². The number of nitrogens with zero attached hydrogens (tertiary/aromatic N) is 4. The Morgan fingerprint density at radius 1 is 0.935 bits per heavy atom. The SMILES string of the molecule is Cc1ccc(S(=O)(=O)N2CCN(C(=O)Nc3ccc(N4CCCC4)nc3)CC2)cc1C. The van der Waals surface area contributed by atoms with E-state index in [1.807, 2.05) is 32.0 Å². The van der Waals surface area contributed by atoms with Gasteiger partial charge in [-0.1, -0.05) is 6.07 Å². The van der Waals surface area contributed by atoms with Crippen molar-refractivity contribution in [2.75, 3.05) is 49.5 Å². The first-order chi connectivity index (χ1) is 14.8. The molecule has 2 amide bonds. The Labute approximate surface area is 183 Å². The van der Waals surface area contributed by atoms with Crippen molar-refractivity contribution in [3.63, 3.8) is 0 Å². The Bertz CT molecular complexity index is 1040. The summed E-state index contributed by atoms with van der Waals surface area (Å²) in [6, 6.07) is 8.74. The molecular formula is C22H29N5O3S. The fraction of sp³-hybridized carbons (Fsp3) is 0.455. The predicted molar refractivity (Wildman–Crippen MR) is 121 cm³/mol. The highest BCUT2D eigenvalue weighted by atomic mass is 32.2. The number of piperazine rings is 1. The third-order valence-electron chi connectivity index (χ3n) is 6.07. The van der Waals surface area contributed by atoms with Crippen molar-refractivity contribution in [2.24, 2.45) is 0 Å². The van der Waals surface area contributed by atoms with E-state index in [4.69, 9.17) is 0 Å². The summed E-state index contributed by atoms with van der Waals surface area (Å²) in [6.07, 6.45) is 4.04. The molecule has 1 N–H and O–H groups in total. The number of amides is 2. The fourth-order valence-corrected chi connectivity index (χ4v) is 5.46. The summed E-state index contributed by atoms with van der Waals surface area (Å²) in [5, 5.41) is 2.87. The van der Waals surface area contributed by atoms with Gasteiger partial charge in [0.15, 0.2) is 0 Å². The van der Waals surface area contributed by atoms with Gasteiger partial charge in [-0.05, 0) is 62.1 Å². The summed E-state index contributed by atoms with van der Waals surface area (Å²) < 4.78 is 27.4. The lowest BCUT2D eigenvalue weighted by Crippen LogP contribution is -2.51. The van der Waals surface area contributed by atoms with Crippen molar-refractivity contribution in [3.8, 4) is 0 Å². The number of aryl methyl sites for hydroxylation is 2. The average Bonchev–Trinajstić information content (AvgIpc) is 3.31. The molecule has 2 fully saturated rings. The number of rotatable bonds is 4. The van der Waals surface area contributed by atoms with Crippen LogP contribution in [-0.4, -0.2) is 67.9 Å². The van der Waals surface area contributed by atoms with Crippen LogP contribution >= 0.6 is 0 Å². The van der Waals surface area contributed by atoms with Gasteiger partial charge in [-0.25, -0.2) is 18.2 Å². The number of urea groups is 1. The molecule has 0 spiro atoms. The van der Waals surface area contributed by atoms with Crippen LogP contribution < -0.4 is 10.2 Å². The lowest BCUT2D eigenvalue weighted by atomic mass is 10.1. The van der Waals surface area contributed by atoms with Crippen LogP contribution in [0.4, 0.5) is 16.3 Å². The van der Waals surface area contributed by atoms with Crippen molar-refractivity contribution < 1.29 is 13.2 Å². The maximum Gasteiger partial charge on any atom is 0.321 e. The zero-order valence-electron chi connectivity index (χ0n) is 18.0. The van der Waals surface area contributed by atoms with Gasteiger partial charge in [-0.2, -0.15) is 4.31 Å². The van der Waals surface area contributed by atoms with E-state index >= 15 is 0 Å². The van der Waals surface area contributed by atoms with Gasteiger partial charge in [0.1, 0.15) is 5.82 Å². The van der Waals surface area contributed by atoms with Crippen molar-refractivity contribution in [1.82, 2.24) is 14.2 Å². The first kappa shape index (κ1) is 21.6. The number of carbonyl (C=O) groups is 1. The number of aromatic nitrogens is 1. The lowest BCUT2D eigenvalue weighted by molar-refractivity contribution is 0.184. The Morgan fingerprint density at radius 2 is 1.65 bits per heavy atom. The lowest BCUT2D eigenvalue weighted by Gasteiger charge is -2.34. The summed E-state index contributed by atoms with van der Waals surface area (Å²) in [6.45, 7) is 7.14. The highest BCUT2D eigenvalue weighted by molar-refractivity contribution is 7.89. The monoisotopic (exact) mass is 443 g/mol. The van der Waals surface area contributed by atoms with Crippen LogP contribution in [0.1, 0.15) is 24.0 Å². The quantitative estimate of drug-likeness (QED) is 0.785. The molecule has 0 radical (unpaired) electrons. The van der Waals surface area contributed by atoms with Gasteiger partial charge in [-0.15, -0.1) is 0 Å². The van der Waals surface area contributed by atoms with Gasteiger partial charge in [0, 0.05) is 39.3 Å². The molecular weight excluding hydrogens is 414 g/mol. The number of pyridine rings is 1. The zero-order chi connectivity index (χ0) is 22.0. The molecule has 9 heteroatoms. The number of carbonyl (C=O) groups excluding carboxylic acids is 1. The number of hydrogen-bond acceptors (Lipinski definition) is 5.